The standard InChI is InChI=1S/C12H16/c1-7-9(3)11(5)12(6)10(4)8-2/h7H,1,3-6,8H2,2H3. The molecule has 0 aromatic heterocycles. The Morgan fingerprint density at radius 2 is 1.58 bits per heavy atom. The number of allylic oxidation sites excluding steroid dienone is 5. The lowest BCUT2D eigenvalue weighted by Crippen LogP contribution is -1.90. The summed E-state index contributed by atoms with van der Waals surface area (Å²) in [6, 6.07) is 0. The summed E-state index contributed by atoms with van der Waals surface area (Å²) in [5.41, 5.74) is 3.52. The molecule has 0 saturated heterocycles. The Kier molecular flexibility index (Phi) is 4.06. The van der Waals surface area contributed by atoms with Crippen molar-refractivity contribution in [3.8, 4) is 0 Å². The third-order valence-electron chi connectivity index (χ3n) is 1.85. The fourth-order valence-corrected chi connectivity index (χ4v) is 0.744. The Bertz CT molecular complexity index is 251. The molecular weight excluding hydrogens is 144 g/mol. The minimum Gasteiger partial charge on any atom is -0.0985 e. The van der Waals surface area contributed by atoms with Crippen molar-refractivity contribution in [3.05, 3.63) is 61.3 Å². The van der Waals surface area contributed by atoms with Crippen molar-refractivity contribution in [2.45, 2.75) is 13.3 Å². The van der Waals surface area contributed by atoms with Gasteiger partial charge in [0.2, 0.25) is 0 Å². The largest absolute Gasteiger partial charge is 0.0985 e. The average Bonchev–Trinajstić information content (AvgIpc) is 2.12. The second-order valence-electron chi connectivity index (χ2n) is 2.64. The second-order valence-corrected chi connectivity index (χ2v) is 2.64. The van der Waals surface area contributed by atoms with Crippen molar-refractivity contribution in [2.24, 2.45) is 0 Å². The van der Waals surface area contributed by atoms with E-state index in [2.05, 4.69) is 32.9 Å². The van der Waals surface area contributed by atoms with Crippen LogP contribution in [-0.2, 0) is 0 Å². The third kappa shape index (κ3) is 2.39. The van der Waals surface area contributed by atoms with E-state index in [0.717, 1.165) is 28.7 Å². The molecule has 0 aliphatic rings. The van der Waals surface area contributed by atoms with Gasteiger partial charge >= 0.3 is 0 Å². The number of hydrogen-bond donors (Lipinski definition) is 0. The minimum atomic E-state index is 0.814. The lowest BCUT2D eigenvalue weighted by molar-refractivity contribution is 1.13. The summed E-state index contributed by atoms with van der Waals surface area (Å²) in [7, 11) is 0. The van der Waals surface area contributed by atoms with Crippen LogP contribution in [-0.4, -0.2) is 0 Å². The van der Waals surface area contributed by atoms with Gasteiger partial charge in [-0.15, -0.1) is 0 Å². The molecule has 0 fully saturated rings. The summed E-state index contributed by atoms with van der Waals surface area (Å²) < 4.78 is 0. The molecule has 0 radical (unpaired) electrons. The van der Waals surface area contributed by atoms with E-state index in [1.54, 1.807) is 6.08 Å². The molecule has 0 nitrogen and oxygen atoms in total. The van der Waals surface area contributed by atoms with Crippen LogP contribution in [0.1, 0.15) is 13.3 Å². The highest BCUT2D eigenvalue weighted by Gasteiger charge is 2.03. The molecular formula is C12H16. The Balaban J connectivity index is 4.51. The third-order valence-corrected chi connectivity index (χ3v) is 1.85. The van der Waals surface area contributed by atoms with Gasteiger partial charge in [0.1, 0.15) is 0 Å². The summed E-state index contributed by atoms with van der Waals surface area (Å²) in [6.07, 6.45) is 2.57. The topological polar surface area (TPSA) is 0 Å². The highest BCUT2D eigenvalue weighted by molar-refractivity contribution is 5.54. The van der Waals surface area contributed by atoms with Gasteiger partial charge in [-0.2, -0.15) is 0 Å². The first-order chi connectivity index (χ1) is 5.54. The molecule has 0 heteroatoms. The van der Waals surface area contributed by atoms with Gasteiger partial charge in [-0.05, 0) is 28.7 Å². The Hall–Kier alpha value is -1.30. The summed E-state index contributed by atoms with van der Waals surface area (Å²) in [5, 5.41) is 0. The van der Waals surface area contributed by atoms with E-state index in [1.807, 2.05) is 6.92 Å². The molecule has 0 aromatic carbocycles. The normalized spacial score (nSPS) is 8.75. The summed E-state index contributed by atoms with van der Waals surface area (Å²) >= 11 is 0. The van der Waals surface area contributed by atoms with Crippen LogP contribution in [0, 0.1) is 0 Å². The van der Waals surface area contributed by atoms with Crippen molar-refractivity contribution >= 4 is 0 Å². The molecule has 0 heterocycles. The van der Waals surface area contributed by atoms with Gasteiger partial charge in [-0.25, -0.2) is 0 Å². The maximum absolute atomic E-state index is 3.89. The maximum atomic E-state index is 3.89. The summed E-state index contributed by atoms with van der Waals surface area (Å²) in [4.78, 5) is 0. The lowest BCUT2D eigenvalue weighted by atomic mass is 9.95. The van der Waals surface area contributed by atoms with Crippen molar-refractivity contribution in [2.75, 3.05) is 0 Å². The fraction of sp³-hybridized carbons (Fsp3) is 0.167. The van der Waals surface area contributed by atoms with E-state index in [1.165, 1.54) is 0 Å². The maximum Gasteiger partial charge on any atom is -0.0193 e. The van der Waals surface area contributed by atoms with Gasteiger partial charge in [0.05, 0.1) is 0 Å². The van der Waals surface area contributed by atoms with Crippen LogP contribution < -0.4 is 0 Å². The molecule has 0 aliphatic heterocycles. The van der Waals surface area contributed by atoms with Crippen LogP contribution in [0.2, 0.25) is 0 Å². The Morgan fingerprint density at radius 1 is 1.08 bits per heavy atom. The SMILES string of the molecule is C=CC(=C)C(=C)C(=C)C(=C)CC. The zero-order valence-electron chi connectivity index (χ0n) is 7.82. The monoisotopic (exact) mass is 160 g/mol. The summed E-state index contributed by atoms with van der Waals surface area (Å²) in [5.74, 6) is 0. The van der Waals surface area contributed by atoms with Crippen LogP contribution in [0.15, 0.2) is 61.3 Å². The number of rotatable bonds is 5. The van der Waals surface area contributed by atoms with Gasteiger partial charge in [0.25, 0.3) is 0 Å². The highest BCUT2D eigenvalue weighted by Crippen LogP contribution is 2.22. The van der Waals surface area contributed by atoms with Gasteiger partial charge < -0.3 is 0 Å². The van der Waals surface area contributed by atoms with Crippen molar-refractivity contribution < 1.29 is 0 Å². The van der Waals surface area contributed by atoms with Crippen LogP contribution in [0.5, 0.6) is 0 Å². The van der Waals surface area contributed by atoms with E-state index in [4.69, 9.17) is 0 Å². The molecule has 0 bridgehead atoms. The molecule has 0 aromatic rings. The van der Waals surface area contributed by atoms with Crippen LogP contribution in [0.25, 0.3) is 0 Å². The van der Waals surface area contributed by atoms with Gasteiger partial charge in [0, 0.05) is 0 Å². The molecule has 0 unspecified atom stereocenters. The van der Waals surface area contributed by atoms with E-state index < -0.39 is 0 Å². The van der Waals surface area contributed by atoms with Crippen LogP contribution >= 0.6 is 0 Å². The van der Waals surface area contributed by atoms with Crippen molar-refractivity contribution in [3.63, 3.8) is 0 Å². The van der Waals surface area contributed by atoms with Crippen LogP contribution in [0.3, 0.4) is 0 Å². The Labute approximate surface area is 75.3 Å². The van der Waals surface area contributed by atoms with Gasteiger partial charge in [-0.1, -0.05) is 45.9 Å². The van der Waals surface area contributed by atoms with Gasteiger partial charge in [-0.3, -0.25) is 0 Å². The molecule has 0 spiro atoms. The number of hydrogen-bond acceptors (Lipinski definition) is 0. The van der Waals surface area contributed by atoms with E-state index in [0.29, 0.717) is 0 Å². The molecule has 0 aliphatic carbocycles. The zero-order valence-corrected chi connectivity index (χ0v) is 7.82. The predicted molar refractivity (Wildman–Crippen MR) is 57.0 cm³/mol. The van der Waals surface area contributed by atoms with Crippen molar-refractivity contribution in [1.82, 2.24) is 0 Å². The smallest absolute Gasteiger partial charge is 0.0193 e. The predicted octanol–water partition coefficient (Wildman–Crippen LogP) is 3.81. The highest BCUT2D eigenvalue weighted by atomic mass is 14.1. The van der Waals surface area contributed by atoms with E-state index in [9.17, 15) is 0 Å². The first-order valence-corrected chi connectivity index (χ1v) is 3.92. The molecule has 0 atom stereocenters. The molecule has 64 valence electrons. The molecule has 0 saturated carbocycles. The molecule has 0 amide bonds. The summed E-state index contributed by atoms with van der Waals surface area (Å²) in [6.45, 7) is 21.1. The van der Waals surface area contributed by atoms with Gasteiger partial charge in [0.15, 0.2) is 0 Å². The lowest BCUT2D eigenvalue weighted by Gasteiger charge is -2.10. The van der Waals surface area contributed by atoms with E-state index in [-0.39, 0.29) is 0 Å². The van der Waals surface area contributed by atoms with Crippen molar-refractivity contribution in [1.29, 1.82) is 0 Å². The fourth-order valence-electron chi connectivity index (χ4n) is 0.744. The zero-order chi connectivity index (χ0) is 9.72. The van der Waals surface area contributed by atoms with Crippen LogP contribution in [0.4, 0.5) is 0 Å². The molecule has 0 rings (SSSR count). The average molecular weight is 160 g/mol. The molecule has 12 heavy (non-hydrogen) atoms. The quantitative estimate of drug-likeness (QED) is 0.536. The molecule has 0 N–H and O–H groups in total. The minimum absolute atomic E-state index is 0.814. The first kappa shape index (κ1) is 10.7. The second kappa shape index (κ2) is 4.55. The first-order valence-electron chi connectivity index (χ1n) is 3.92. The Morgan fingerprint density at radius 3 is 1.92 bits per heavy atom. The van der Waals surface area contributed by atoms with E-state index >= 15 is 0 Å².